The highest BCUT2D eigenvalue weighted by Gasteiger charge is 2.29. The molecule has 2 aromatic rings. The van der Waals surface area contributed by atoms with Crippen LogP contribution in [0.25, 0.3) is 0 Å². The number of carbonyl (C=O) groups excluding carboxylic acids is 2. The monoisotopic (exact) mass is 462 g/mol. The maximum Gasteiger partial charge on any atom is 0.262 e. The van der Waals surface area contributed by atoms with Crippen molar-refractivity contribution >= 4 is 27.9 Å². The molecule has 3 rings (SSSR count). The number of amides is 1. The van der Waals surface area contributed by atoms with Crippen molar-refractivity contribution in [1.82, 2.24) is 4.31 Å². The third-order valence-electron chi connectivity index (χ3n) is 5.08. The Bertz CT molecular complexity index is 1080. The summed E-state index contributed by atoms with van der Waals surface area (Å²) in [7, 11) is -0.881. The van der Waals surface area contributed by atoms with Crippen LogP contribution in [0.4, 0.5) is 5.69 Å². The van der Waals surface area contributed by atoms with Gasteiger partial charge in [0.15, 0.2) is 12.9 Å². The van der Waals surface area contributed by atoms with Crippen LogP contribution in [-0.4, -0.2) is 58.8 Å². The summed E-state index contributed by atoms with van der Waals surface area (Å²) in [6, 6.07) is 9.08. The topological polar surface area (TPSA) is 111 Å². The molecule has 0 atom stereocenters. The van der Waals surface area contributed by atoms with E-state index in [-0.39, 0.29) is 28.6 Å². The van der Waals surface area contributed by atoms with Crippen molar-refractivity contribution < 1.29 is 32.2 Å². The smallest absolute Gasteiger partial charge is 0.262 e. The molecule has 0 unspecified atom stereocenters. The van der Waals surface area contributed by atoms with E-state index in [0.29, 0.717) is 30.8 Å². The molecule has 1 fully saturated rings. The van der Waals surface area contributed by atoms with Gasteiger partial charge in [0.2, 0.25) is 10.0 Å². The zero-order valence-corrected chi connectivity index (χ0v) is 18.8. The summed E-state index contributed by atoms with van der Waals surface area (Å²) in [6.07, 6.45) is 3.23. The molecule has 1 aliphatic heterocycles. The lowest BCUT2D eigenvalue weighted by Gasteiger charge is -2.26. The summed E-state index contributed by atoms with van der Waals surface area (Å²) in [6.45, 7) is 0.543. The fourth-order valence-corrected chi connectivity index (χ4v) is 5.12. The minimum absolute atomic E-state index is 0.000913. The van der Waals surface area contributed by atoms with Gasteiger partial charge in [0.1, 0.15) is 22.1 Å². The Balaban J connectivity index is 1.73. The second kappa shape index (κ2) is 10.5. The van der Waals surface area contributed by atoms with E-state index in [4.69, 9.17) is 14.2 Å². The van der Waals surface area contributed by atoms with E-state index >= 15 is 0 Å². The van der Waals surface area contributed by atoms with Crippen LogP contribution in [0.1, 0.15) is 29.6 Å². The first-order chi connectivity index (χ1) is 15.4. The zero-order chi connectivity index (χ0) is 23.1. The van der Waals surface area contributed by atoms with Crippen molar-refractivity contribution in [3.8, 4) is 17.2 Å². The van der Waals surface area contributed by atoms with Crippen molar-refractivity contribution in [2.75, 3.05) is 39.2 Å². The average molecular weight is 463 g/mol. The molecule has 0 aromatic heterocycles. The van der Waals surface area contributed by atoms with E-state index in [1.807, 2.05) is 0 Å². The minimum Gasteiger partial charge on any atom is -0.497 e. The van der Waals surface area contributed by atoms with E-state index in [1.165, 1.54) is 42.8 Å². The van der Waals surface area contributed by atoms with Gasteiger partial charge >= 0.3 is 0 Å². The number of benzene rings is 2. The minimum atomic E-state index is -3.76. The summed E-state index contributed by atoms with van der Waals surface area (Å²) in [5.41, 5.74) is 0.539. The summed E-state index contributed by atoms with van der Waals surface area (Å²) < 4.78 is 43.4. The molecule has 2 aromatic carbocycles. The number of hydrogen-bond acceptors (Lipinski definition) is 7. The van der Waals surface area contributed by atoms with Gasteiger partial charge in [-0.05, 0) is 49.2 Å². The number of hydrogen-bond donors (Lipinski definition) is 1. The molecule has 172 valence electrons. The first-order valence-corrected chi connectivity index (χ1v) is 11.6. The van der Waals surface area contributed by atoms with E-state index in [9.17, 15) is 18.0 Å². The second-order valence-electron chi connectivity index (χ2n) is 7.19. The average Bonchev–Trinajstić information content (AvgIpc) is 2.83. The summed E-state index contributed by atoms with van der Waals surface area (Å²) in [5, 5.41) is 2.62. The van der Waals surface area contributed by atoms with Crippen LogP contribution >= 0.6 is 0 Å². The van der Waals surface area contributed by atoms with Crippen molar-refractivity contribution in [1.29, 1.82) is 0 Å². The maximum atomic E-state index is 13.1. The molecule has 1 N–H and O–H groups in total. The molecule has 32 heavy (non-hydrogen) atoms. The van der Waals surface area contributed by atoms with Gasteiger partial charge in [-0.1, -0.05) is 6.42 Å². The summed E-state index contributed by atoms with van der Waals surface area (Å²) in [4.78, 5) is 23.6. The normalized spacial score (nSPS) is 14.4. The van der Waals surface area contributed by atoms with Crippen LogP contribution in [0.2, 0.25) is 0 Å². The van der Waals surface area contributed by atoms with Gasteiger partial charge in [0.05, 0.1) is 19.8 Å². The molecular weight excluding hydrogens is 436 g/mol. The number of carbonyl (C=O) groups is 2. The van der Waals surface area contributed by atoms with Gasteiger partial charge in [-0.25, -0.2) is 8.42 Å². The molecule has 1 aliphatic rings. The SMILES string of the molecule is COc1ccc(OCC(=O)Nc2ccc(OC)c(S(=O)(=O)N3CCCCC3)c2)c(C=O)c1. The molecule has 9 nitrogen and oxygen atoms in total. The Morgan fingerprint density at radius 1 is 1.03 bits per heavy atom. The number of methoxy groups -OCH3 is 2. The van der Waals surface area contributed by atoms with Crippen LogP contribution in [0.3, 0.4) is 0 Å². The van der Waals surface area contributed by atoms with Gasteiger partial charge < -0.3 is 19.5 Å². The third-order valence-corrected chi connectivity index (χ3v) is 7.00. The van der Waals surface area contributed by atoms with Crippen LogP contribution in [0.15, 0.2) is 41.3 Å². The van der Waals surface area contributed by atoms with Gasteiger partial charge in [-0.3, -0.25) is 9.59 Å². The van der Waals surface area contributed by atoms with E-state index < -0.39 is 15.9 Å². The Labute approximate surface area is 187 Å². The van der Waals surface area contributed by atoms with E-state index in [1.54, 1.807) is 12.1 Å². The quantitative estimate of drug-likeness (QED) is 0.570. The highest BCUT2D eigenvalue weighted by Crippen LogP contribution is 2.31. The van der Waals surface area contributed by atoms with Crippen LogP contribution in [0.5, 0.6) is 17.2 Å². The van der Waals surface area contributed by atoms with Crippen LogP contribution < -0.4 is 19.5 Å². The molecule has 10 heteroatoms. The fraction of sp³-hybridized carbons (Fsp3) is 0.364. The van der Waals surface area contributed by atoms with Gasteiger partial charge in [-0.2, -0.15) is 4.31 Å². The summed E-state index contributed by atoms with van der Waals surface area (Å²) >= 11 is 0. The molecule has 0 radical (unpaired) electrons. The highest BCUT2D eigenvalue weighted by atomic mass is 32.2. The molecule has 1 amide bonds. The maximum absolute atomic E-state index is 13.1. The van der Waals surface area contributed by atoms with Crippen molar-refractivity contribution in [2.24, 2.45) is 0 Å². The molecule has 1 saturated heterocycles. The third kappa shape index (κ3) is 5.38. The first-order valence-electron chi connectivity index (χ1n) is 10.1. The largest absolute Gasteiger partial charge is 0.497 e. The van der Waals surface area contributed by atoms with Gasteiger partial charge in [0, 0.05) is 18.8 Å². The van der Waals surface area contributed by atoms with Gasteiger partial charge in [-0.15, -0.1) is 0 Å². The number of sulfonamides is 1. The second-order valence-corrected chi connectivity index (χ2v) is 9.10. The summed E-state index contributed by atoms with van der Waals surface area (Å²) in [5.74, 6) is 0.423. The molecule has 0 saturated carbocycles. The number of nitrogens with one attached hydrogen (secondary N) is 1. The number of anilines is 1. The lowest BCUT2D eigenvalue weighted by molar-refractivity contribution is -0.118. The number of piperidine rings is 1. The van der Waals surface area contributed by atoms with Gasteiger partial charge in [0.25, 0.3) is 5.91 Å². The van der Waals surface area contributed by atoms with Crippen LogP contribution in [-0.2, 0) is 14.8 Å². The number of rotatable bonds is 9. The van der Waals surface area contributed by atoms with Crippen molar-refractivity contribution in [2.45, 2.75) is 24.2 Å². The highest BCUT2D eigenvalue weighted by molar-refractivity contribution is 7.89. The first kappa shape index (κ1) is 23.6. The zero-order valence-electron chi connectivity index (χ0n) is 18.0. The molecule has 0 spiro atoms. The number of ether oxygens (including phenoxy) is 3. The predicted molar refractivity (Wildman–Crippen MR) is 118 cm³/mol. The Kier molecular flexibility index (Phi) is 7.70. The van der Waals surface area contributed by atoms with Crippen LogP contribution in [0, 0.1) is 0 Å². The molecule has 1 heterocycles. The molecular formula is C22H26N2O7S. The Hall–Kier alpha value is -3.11. The lowest BCUT2D eigenvalue weighted by atomic mass is 10.2. The van der Waals surface area contributed by atoms with Crippen molar-refractivity contribution in [3.05, 3.63) is 42.0 Å². The number of aldehydes is 1. The van der Waals surface area contributed by atoms with E-state index in [2.05, 4.69) is 5.32 Å². The Morgan fingerprint density at radius 2 is 1.75 bits per heavy atom. The predicted octanol–water partition coefficient (Wildman–Crippen LogP) is 2.71. The standard InChI is InChI=1S/C22H26N2O7S/c1-29-18-7-9-19(16(12-18)14-25)31-15-22(26)23-17-6-8-20(30-2)21(13-17)32(27,28)24-10-4-3-5-11-24/h6-9,12-14H,3-5,10-11,15H2,1-2H3,(H,23,26). The van der Waals surface area contributed by atoms with Crippen molar-refractivity contribution in [3.63, 3.8) is 0 Å². The Morgan fingerprint density at radius 3 is 2.41 bits per heavy atom. The number of nitrogens with zero attached hydrogens (tertiary/aromatic N) is 1. The fourth-order valence-electron chi connectivity index (χ4n) is 3.42. The van der Waals surface area contributed by atoms with E-state index in [0.717, 1.165) is 19.3 Å². The lowest BCUT2D eigenvalue weighted by Crippen LogP contribution is -2.35. The molecule has 0 aliphatic carbocycles. The molecule has 0 bridgehead atoms.